The molecule has 0 radical (unpaired) electrons. The van der Waals surface area contributed by atoms with Crippen molar-refractivity contribution in [3.8, 4) is 0 Å². The number of aromatic nitrogens is 2. The van der Waals surface area contributed by atoms with Crippen molar-refractivity contribution in [3.63, 3.8) is 0 Å². The van der Waals surface area contributed by atoms with Crippen LogP contribution in [0.5, 0.6) is 0 Å². The van der Waals surface area contributed by atoms with E-state index in [1.165, 1.54) is 11.8 Å². The average molecular weight is 487 g/mol. The highest BCUT2D eigenvalue weighted by molar-refractivity contribution is 5.85. The van der Waals surface area contributed by atoms with Crippen LogP contribution in [0.4, 0.5) is 25.1 Å². The summed E-state index contributed by atoms with van der Waals surface area (Å²) in [7, 11) is 3.60. The summed E-state index contributed by atoms with van der Waals surface area (Å²) in [6.07, 6.45) is 1.96. The van der Waals surface area contributed by atoms with Gasteiger partial charge in [-0.1, -0.05) is 0 Å². The van der Waals surface area contributed by atoms with Gasteiger partial charge in [0.15, 0.2) is 11.6 Å². The summed E-state index contributed by atoms with van der Waals surface area (Å²) in [6.45, 7) is 6.47. The molecule has 0 saturated heterocycles. The number of hydrogen-bond donors (Lipinski definition) is 1. The van der Waals surface area contributed by atoms with Crippen LogP contribution in [0.3, 0.4) is 0 Å². The van der Waals surface area contributed by atoms with Crippen LogP contribution in [0.2, 0.25) is 0 Å². The number of hydrogen-bond acceptors (Lipinski definition) is 5. The van der Waals surface area contributed by atoms with Crippen molar-refractivity contribution in [2.24, 2.45) is 7.05 Å². The van der Waals surface area contributed by atoms with Crippen molar-refractivity contribution < 1.29 is 23.0 Å². The summed E-state index contributed by atoms with van der Waals surface area (Å²) in [5.41, 5.74) is 2.98. The van der Waals surface area contributed by atoms with Gasteiger partial charge in [0.25, 0.3) is 0 Å². The summed E-state index contributed by atoms with van der Waals surface area (Å²) in [5.74, 6) is -1.28. The molecule has 188 valence electrons. The molecular formula is C26H32F2N4O3. The van der Waals surface area contributed by atoms with E-state index in [9.17, 15) is 13.6 Å². The molecule has 0 bridgehead atoms. The lowest BCUT2D eigenvalue weighted by atomic mass is 9.90. The van der Waals surface area contributed by atoms with Crippen LogP contribution in [0, 0.1) is 11.6 Å². The van der Waals surface area contributed by atoms with Crippen LogP contribution in [0.25, 0.3) is 11.0 Å². The third-order valence-electron chi connectivity index (χ3n) is 6.22. The zero-order valence-corrected chi connectivity index (χ0v) is 20.8. The molecule has 1 aromatic carbocycles. The second-order valence-electron chi connectivity index (χ2n) is 9.87. The highest BCUT2D eigenvalue weighted by Crippen LogP contribution is 2.34. The zero-order chi connectivity index (χ0) is 25.3. The van der Waals surface area contributed by atoms with Crippen LogP contribution < -0.4 is 5.32 Å². The molecule has 3 aromatic rings. The minimum atomic E-state index is -0.917. The average Bonchev–Trinajstić information content (AvgIpc) is 3.06. The van der Waals surface area contributed by atoms with Gasteiger partial charge in [-0.05, 0) is 69.9 Å². The third-order valence-corrected chi connectivity index (χ3v) is 6.22. The van der Waals surface area contributed by atoms with Crippen molar-refractivity contribution in [1.82, 2.24) is 14.5 Å². The van der Waals surface area contributed by atoms with Crippen LogP contribution in [0.1, 0.15) is 38.4 Å². The van der Waals surface area contributed by atoms with E-state index in [1.54, 1.807) is 12.0 Å². The molecule has 0 aliphatic heterocycles. The SMILES string of the molecule is COCCN(C(=O)OC(C)(C)C)C1CCc2c(c3ccc(Nc4ccc(F)c(F)c4)nc3n2C)C1. The molecule has 0 saturated carbocycles. The highest BCUT2D eigenvalue weighted by atomic mass is 19.2. The maximum absolute atomic E-state index is 13.6. The first kappa shape index (κ1) is 24.9. The standard InChI is InChI=1S/C26H32F2N4O3/c1-26(2,3)35-25(33)32(12-13-34-5)17-7-10-22-19(15-17)18-8-11-23(30-24(18)31(22)4)29-16-6-9-20(27)21(28)14-16/h6,8-9,11,14,17H,7,10,12-13,15H2,1-5H3,(H,29,30). The molecule has 9 heteroatoms. The van der Waals surface area contributed by atoms with Crippen molar-refractivity contribution in [1.29, 1.82) is 0 Å². The molecule has 35 heavy (non-hydrogen) atoms. The van der Waals surface area contributed by atoms with E-state index in [2.05, 4.69) is 9.88 Å². The lowest BCUT2D eigenvalue weighted by Gasteiger charge is -2.35. The Morgan fingerprint density at radius 2 is 2.00 bits per heavy atom. The van der Waals surface area contributed by atoms with Gasteiger partial charge >= 0.3 is 6.09 Å². The number of amides is 1. The van der Waals surface area contributed by atoms with Crippen molar-refractivity contribution in [2.45, 2.75) is 51.7 Å². The Morgan fingerprint density at radius 1 is 1.23 bits per heavy atom. The summed E-state index contributed by atoms with van der Waals surface area (Å²) < 4.78 is 39.8. The van der Waals surface area contributed by atoms with E-state index in [4.69, 9.17) is 14.5 Å². The number of aryl methyl sites for hydroxylation is 1. The third kappa shape index (κ3) is 5.40. The Bertz CT molecular complexity index is 1240. The molecule has 2 aromatic heterocycles. The zero-order valence-electron chi connectivity index (χ0n) is 20.8. The van der Waals surface area contributed by atoms with Gasteiger partial charge in [0.2, 0.25) is 0 Å². The molecule has 0 spiro atoms. The van der Waals surface area contributed by atoms with Crippen LogP contribution >= 0.6 is 0 Å². The number of carbonyl (C=O) groups excluding carboxylic acids is 1. The Kier molecular flexibility index (Phi) is 6.98. The maximum atomic E-state index is 13.6. The fourth-order valence-electron chi connectivity index (χ4n) is 4.60. The topological polar surface area (TPSA) is 68.6 Å². The van der Waals surface area contributed by atoms with Gasteiger partial charge in [-0.2, -0.15) is 0 Å². The molecule has 2 heterocycles. The molecule has 1 N–H and O–H groups in total. The number of nitrogens with one attached hydrogen (secondary N) is 1. The molecule has 1 aliphatic rings. The number of carbonyl (C=O) groups is 1. The summed E-state index contributed by atoms with van der Waals surface area (Å²) >= 11 is 0. The molecule has 1 unspecified atom stereocenters. The summed E-state index contributed by atoms with van der Waals surface area (Å²) in [6, 6.07) is 7.45. The number of halogens is 2. The largest absolute Gasteiger partial charge is 0.444 e. The van der Waals surface area contributed by atoms with Crippen molar-refractivity contribution in [3.05, 3.63) is 53.2 Å². The molecule has 1 atom stereocenters. The van der Waals surface area contributed by atoms with Gasteiger partial charge in [-0.15, -0.1) is 0 Å². The number of rotatable bonds is 6. The lowest BCUT2D eigenvalue weighted by molar-refractivity contribution is 0.00879. The number of nitrogens with zero attached hydrogens (tertiary/aromatic N) is 3. The second-order valence-corrected chi connectivity index (χ2v) is 9.87. The first-order valence-corrected chi connectivity index (χ1v) is 11.7. The summed E-state index contributed by atoms with van der Waals surface area (Å²) in [4.78, 5) is 19.5. The number of ether oxygens (including phenoxy) is 2. The summed E-state index contributed by atoms with van der Waals surface area (Å²) in [5, 5.41) is 4.06. The quantitative estimate of drug-likeness (QED) is 0.510. The minimum absolute atomic E-state index is 0.0157. The van der Waals surface area contributed by atoms with Crippen LogP contribution in [-0.4, -0.2) is 52.4 Å². The van der Waals surface area contributed by atoms with Gasteiger partial charge in [-0.3, -0.25) is 0 Å². The van der Waals surface area contributed by atoms with E-state index in [0.717, 1.165) is 41.6 Å². The Hall–Kier alpha value is -3.20. The number of methoxy groups -OCH3 is 1. The first-order chi connectivity index (χ1) is 16.6. The molecular weight excluding hydrogens is 454 g/mol. The molecule has 1 aliphatic carbocycles. The van der Waals surface area contributed by atoms with Crippen LogP contribution in [-0.2, 0) is 29.4 Å². The minimum Gasteiger partial charge on any atom is -0.444 e. The monoisotopic (exact) mass is 486 g/mol. The van der Waals surface area contributed by atoms with Crippen LogP contribution in [0.15, 0.2) is 30.3 Å². The number of benzene rings is 1. The fraction of sp³-hybridized carbons (Fsp3) is 0.462. The predicted molar refractivity (Wildman–Crippen MR) is 131 cm³/mol. The Balaban J connectivity index is 1.61. The normalized spacial score (nSPS) is 15.7. The molecule has 0 fully saturated rings. The maximum Gasteiger partial charge on any atom is 0.410 e. The van der Waals surface area contributed by atoms with E-state index < -0.39 is 17.2 Å². The van der Waals surface area contributed by atoms with Crippen molar-refractivity contribution >= 4 is 28.6 Å². The smallest absolute Gasteiger partial charge is 0.410 e. The Labute approximate surface area is 204 Å². The van der Waals surface area contributed by atoms with E-state index >= 15 is 0 Å². The van der Waals surface area contributed by atoms with Gasteiger partial charge in [0.05, 0.1) is 6.61 Å². The fourth-order valence-corrected chi connectivity index (χ4v) is 4.60. The van der Waals surface area contributed by atoms with Gasteiger partial charge in [0, 0.05) is 49.6 Å². The predicted octanol–water partition coefficient (Wildman–Crippen LogP) is 5.34. The van der Waals surface area contributed by atoms with E-state index in [1.807, 2.05) is 40.0 Å². The number of fused-ring (bicyclic) bond motifs is 3. The Morgan fingerprint density at radius 3 is 2.69 bits per heavy atom. The van der Waals surface area contributed by atoms with Gasteiger partial charge < -0.3 is 24.3 Å². The molecule has 7 nitrogen and oxygen atoms in total. The molecule has 4 rings (SSSR count). The second kappa shape index (κ2) is 9.81. The van der Waals surface area contributed by atoms with Gasteiger partial charge in [-0.25, -0.2) is 18.6 Å². The number of pyridine rings is 1. The van der Waals surface area contributed by atoms with Crippen molar-refractivity contribution in [2.75, 3.05) is 25.6 Å². The molecule has 1 amide bonds. The lowest BCUT2D eigenvalue weighted by Crippen LogP contribution is -2.47. The highest BCUT2D eigenvalue weighted by Gasteiger charge is 2.33. The first-order valence-electron chi connectivity index (χ1n) is 11.7. The van der Waals surface area contributed by atoms with E-state index in [0.29, 0.717) is 31.1 Å². The number of anilines is 2. The van der Waals surface area contributed by atoms with Gasteiger partial charge in [0.1, 0.15) is 17.1 Å². The van der Waals surface area contributed by atoms with E-state index in [-0.39, 0.29) is 12.1 Å².